The number of esters is 1. The van der Waals surface area contributed by atoms with E-state index in [0.717, 1.165) is 11.3 Å². The van der Waals surface area contributed by atoms with Crippen LogP contribution in [0, 0.1) is 5.92 Å². The van der Waals surface area contributed by atoms with Crippen LogP contribution in [0.2, 0.25) is 0 Å². The van der Waals surface area contributed by atoms with Crippen LogP contribution in [0.3, 0.4) is 0 Å². The molecule has 1 aromatic carbocycles. The van der Waals surface area contributed by atoms with Gasteiger partial charge in [-0.15, -0.1) is 0 Å². The molecule has 2 atom stereocenters. The fraction of sp³-hybridized carbons (Fsp3) is 0.533. The summed E-state index contributed by atoms with van der Waals surface area (Å²) in [7, 11) is 0. The van der Waals surface area contributed by atoms with Crippen molar-refractivity contribution in [2.24, 2.45) is 5.92 Å². The van der Waals surface area contributed by atoms with E-state index in [9.17, 15) is 9.90 Å². The van der Waals surface area contributed by atoms with Crippen LogP contribution in [-0.4, -0.2) is 23.8 Å². The summed E-state index contributed by atoms with van der Waals surface area (Å²) in [6.45, 7) is 4.09. The maximum atomic E-state index is 11.5. The molecule has 2 unspecified atom stereocenters. The number of ether oxygens (including phenoxy) is 2. The fourth-order valence-corrected chi connectivity index (χ4v) is 2.26. The minimum atomic E-state index is -0.572. The monoisotopic (exact) mass is 264 g/mol. The first-order valence-electron chi connectivity index (χ1n) is 6.67. The third-order valence-electron chi connectivity index (χ3n) is 3.22. The first-order valence-corrected chi connectivity index (χ1v) is 6.67. The van der Waals surface area contributed by atoms with E-state index < -0.39 is 6.10 Å². The van der Waals surface area contributed by atoms with E-state index in [2.05, 4.69) is 0 Å². The number of rotatable bonds is 4. The van der Waals surface area contributed by atoms with E-state index in [1.54, 1.807) is 0 Å². The summed E-state index contributed by atoms with van der Waals surface area (Å²) in [5.74, 6) is 0.451. The molecule has 0 fully saturated rings. The fourth-order valence-electron chi connectivity index (χ4n) is 2.26. The van der Waals surface area contributed by atoms with Crippen LogP contribution < -0.4 is 4.74 Å². The zero-order valence-corrected chi connectivity index (χ0v) is 11.3. The lowest BCUT2D eigenvalue weighted by atomic mass is 9.90. The van der Waals surface area contributed by atoms with Crippen molar-refractivity contribution in [2.75, 3.05) is 6.61 Å². The Hall–Kier alpha value is -1.55. The van der Waals surface area contributed by atoms with E-state index in [-0.39, 0.29) is 18.0 Å². The predicted octanol–water partition coefficient (Wildman–Crippen LogP) is 2.46. The van der Waals surface area contributed by atoms with E-state index in [0.29, 0.717) is 19.4 Å². The molecule has 0 spiro atoms. The molecule has 0 aliphatic carbocycles. The molecule has 1 aliphatic rings. The van der Waals surface area contributed by atoms with Gasteiger partial charge in [0.2, 0.25) is 0 Å². The Morgan fingerprint density at radius 1 is 1.47 bits per heavy atom. The molecule has 0 bridgehead atoms. The van der Waals surface area contributed by atoms with E-state index in [1.165, 1.54) is 0 Å². The lowest BCUT2D eigenvalue weighted by molar-refractivity contribution is -0.148. The highest BCUT2D eigenvalue weighted by Gasteiger charge is 2.29. The Bertz CT molecular complexity index is 442. The van der Waals surface area contributed by atoms with Crippen molar-refractivity contribution in [3.8, 4) is 5.75 Å². The summed E-state index contributed by atoms with van der Waals surface area (Å²) in [6.07, 6.45) is 0.213. The molecule has 0 saturated carbocycles. The number of fused-ring (bicyclic) bond motifs is 1. The lowest BCUT2D eigenvalue weighted by Gasteiger charge is -2.30. The van der Waals surface area contributed by atoms with Gasteiger partial charge in [-0.05, 0) is 26.3 Å². The van der Waals surface area contributed by atoms with Gasteiger partial charge in [0.1, 0.15) is 5.75 Å². The molecule has 104 valence electrons. The first kappa shape index (κ1) is 13.9. The average molecular weight is 264 g/mol. The van der Waals surface area contributed by atoms with Crippen LogP contribution in [0.5, 0.6) is 5.75 Å². The number of benzene rings is 1. The average Bonchev–Trinajstić information content (AvgIpc) is 2.37. The number of aliphatic hydroxyl groups excluding tert-OH is 1. The molecule has 1 aromatic rings. The molecule has 2 rings (SSSR count). The molecule has 0 radical (unpaired) electrons. The van der Waals surface area contributed by atoms with Crippen LogP contribution in [0.25, 0.3) is 0 Å². The highest BCUT2D eigenvalue weighted by molar-refractivity contribution is 5.69. The summed E-state index contributed by atoms with van der Waals surface area (Å²) in [5.41, 5.74) is 0.802. The third kappa shape index (κ3) is 3.47. The zero-order chi connectivity index (χ0) is 13.8. The van der Waals surface area contributed by atoms with Gasteiger partial charge in [0, 0.05) is 17.9 Å². The number of carbonyl (C=O) groups is 1. The predicted molar refractivity (Wildman–Crippen MR) is 70.8 cm³/mol. The van der Waals surface area contributed by atoms with Gasteiger partial charge in [0.25, 0.3) is 0 Å². The molecular formula is C15H20O4. The molecule has 4 nitrogen and oxygen atoms in total. The SMILES string of the molecule is CC(C)OC(=O)CCC1COc2ccccc2C1O. The van der Waals surface area contributed by atoms with Crippen molar-refractivity contribution in [2.45, 2.75) is 38.9 Å². The molecule has 0 saturated heterocycles. The minimum Gasteiger partial charge on any atom is -0.493 e. The summed E-state index contributed by atoms with van der Waals surface area (Å²) in [4.78, 5) is 11.5. The Labute approximate surface area is 113 Å². The number of aliphatic hydroxyl groups is 1. The topological polar surface area (TPSA) is 55.8 Å². The highest BCUT2D eigenvalue weighted by atomic mass is 16.5. The smallest absolute Gasteiger partial charge is 0.306 e. The van der Waals surface area contributed by atoms with Crippen molar-refractivity contribution >= 4 is 5.97 Å². The van der Waals surface area contributed by atoms with Gasteiger partial charge in [0.15, 0.2) is 0 Å². The second-order valence-corrected chi connectivity index (χ2v) is 5.13. The molecule has 0 amide bonds. The lowest BCUT2D eigenvalue weighted by Crippen LogP contribution is -2.27. The third-order valence-corrected chi connectivity index (χ3v) is 3.22. The van der Waals surface area contributed by atoms with Gasteiger partial charge >= 0.3 is 5.97 Å². The van der Waals surface area contributed by atoms with E-state index >= 15 is 0 Å². The molecule has 1 aliphatic heterocycles. The molecule has 4 heteroatoms. The van der Waals surface area contributed by atoms with Gasteiger partial charge in [-0.25, -0.2) is 0 Å². The maximum Gasteiger partial charge on any atom is 0.306 e. The number of carbonyl (C=O) groups excluding carboxylic acids is 1. The van der Waals surface area contributed by atoms with Crippen molar-refractivity contribution in [1.29, 1.82) is 0 Å². The first-order chi connectivity index (χ1) is 9.08. The highest BCUT2D eigenvalue weighted by Crippen LogP contribution is 2.36. The van der Waals surface area contributed by atoms with Crippen LogP contribution >= 0.6 is 0 Å². The Kier molecular flexibility index (Phi) is 4.43. The van der Waals surface area contributed by atoms with E-state index in [1.807, 2.05) is 38.1 Å². The summed E-state index contributed by atoms with van der Waals surface area (Å²) < 4.78 is 10.7. The van der Waals surface area contributed by atoms with Gasteiger partial charge in [-0.2, -0.15) is 0 Å². The standard InChI is InChI=1S/C15H20O4/c1-10(2)19-14(16)8-7-11-9-18-13-6-4-3-5-12(13)15(11)17/h3-6,10-11,15,17H,7-9H2,1-2H3. The van der Waals surface area contributed by atoms with Crippen molar-refractivity contribution < 1.29 is 19.4 Å². The normalized spacial score (nSPS) is 21.7. The van der Waals surface area contributed by atoms with Crippen molar-refractivity contribution in [1.82, 2.24) is 0 Å². The van der Waals surface area contributed by atoms with Crippen LogP contribution in [-0.2, 0) is 9.53 Å². The number of para-hydroxylation sites is 1. The Morgan fingerprint density at radius 3 is 2.95 bits per heavy atom. The maximum absolute atomic E-state index is 11.5. The van der Waals surface area contributed by atoms with Crippen LogP contribution in [0.15, 0.2) is 24.3 Å². The summed E-state index contributed by atoms with van der Waals surface area (Å²) in [5, 5.41) is 10.3. The molecule has 1 N–H and O–H groups in total. The molecule has 1 heterocycles. The van der Waals surface area contributed by atoms with Crippen LogP contribution in [0.1, 0.15) is 38.4 Å². The summed E-state index contributed by atoms with van der Waals surface area (Å²) in [6, 6.07) is 7.47. The Balaban J connectivity index is 1.92. The largest absolute Gasteiger partial charge is 0.493 e. The molecule has 0 aromatic heterocycles. The zero-order valence-electron chi connectivity index (χ0n) is 11.3. The van der Waals surface area contributed by atoms with Gasteiger partial charge in [0.05, 0.1) is 18.8 Å². The summed E-state index contributed by atoms with van der Waals surface area (Å²) >= 11 is 0. The second kappa shape index (κ2) is 6.06. The van der Waals surface area contributed by atoms with Gasteiger partial charge in [-0.1, -0.05) is 18.2 Å². The second-order valence-electron chi connectivity index (χ2n) is 5.13. The van der Waals surface area contributed by atoms with Gasteiger partial charge in [-0.3, -0.25) is 4.79 Å². The Morgan fingerprint density at radius 2 is 2.21 bits per heavy atom. The van der Waals surface area contributed by atoms with Gasteiger partial charge < -0.3 is 14.6 Å². The van der Waals surface area contributed by atoms with E-state index in [4.69, 9.17) is 9.47 Å². The minimum absolute atomic E-state index is 0.0605. The van der Waals surface area contributed by atoms with Crippen LogP contribution in [0.4, 0.5) is 0 Å². The van der Waals surface area contributed by atoms with Crippen molar-refractivity contribution in [3.63, 3.8) is 0 Å². The number of hydrogen-bond acceptors (Lipinski definition) is 4. The quantitative estimate of drug-likeness (QED) is 0.849. The van der Waals surface area contributed by atoms with Crippen molar-refractivity contribution in [3.05, 3.63) is 29.8 Å². The molecular weight excluding hydrogens is 244 g/mol. The number of hydrogen-bond donors (Lipinski definition) is 1. The molecule has 19 heavy (non-hydrogen) atoms.